The lowest BCUT2D eigenvalue weighted by molar-refractivity contribution is 0.467. The summed E-state index contributed by atoms with van der Waals surface area (Å²) in [5.74, 6) is 1.55. The van der Waals surface area contributed by atoms with E-state index in [4.69, 9.17) is 21.0 Å². The number of oxazole rings is 1. The largest absolute Gasteiger partial charge is 0.449 e. The van der Waals surface area contributed by atoms with Gasteiger partial charge in [-0.25, -0.2) is 9.37 Å². The summed E-state index contributed by atoms with van der Waals surface area (Å²) in [7, 11) is 0. The zero-order valence-corrected chi connectivity index (χ0v) is 20.1. The Balaban J connectivity index is 0.00000119. The minimum atomic E-state index is -0.480. The maximum atomic E-state index is 14.3. The van der Waals surface area contributed by atoms with Crippen LogP contribution in [-0.4, -0.2) is 25.5 Å². The summed E-state index contributed by atoms with van der Waals surface area (Å²) in [6, 6.07) is 4.39. The van der Waals surface area contributed by atoms with Gasteiger partial charge in [0, 0.05) is 16.0 Å². The fraction of sp³-hybridized carbons (Fsp3) is 0.304. The number of thiophene rings is 1. The van der Waals surface area contributed by atoms with Crippen LogP contribution in [0.25, 0.3) is 5.00 Å². The first-order chi connectivity index (χ1) is 15.4. The second-order valence-electron chi connectivity index (χ2n) is 7.16. The van der Waals surface area contributed by atoms with E-state index in [1.165, 1.54) is 12.3 Å². The third-order valence-electron chi connectivity index (χ3n) is 5.28. The van der Waals surface area contributed by atoms with E-state index in [0.29, 0.717) is 29.4 Å². The van der Waals surface area contributed by atoms with Crippen LogP contribution < -0.4 is 0 Å². The molecule has 166 valence electrons. The Morgan fingerprint density at radius 3 is 2.66 bits per heavy atom. The van der Waals surface area contributed by atoms with E-state index in [1.807, 2.05) is 25.3 Å². The SMILES string of the molecule is CC.Cc1sc2c(c1C)C(c1ccc(Cl)c(F)c1)=NC(Cc1ncco1)c1nnc(C)n1-2. The Morgan fingerprint density at radius 2 is 1.97 bits per heavy atom. The highest BCUT2D eigenvalue weighted by Gasteiger charge is 2.32. The van der Waals surface area contributed by atoms with Crippen molar-refractivity contribution in [1.82, 2.24) is 19.7 Å². The highest BCUT2D eigenvalue weighted by Crippen LogP contribution is 2.39. The van der Waals surface area contributed by atoms with Gasteiger partial charge < -0.3 is 4.42 Å². The molecule has 9 heteroatoms. The highest BCUT2D eigenvalue weighted by molar-refractivity contribution is 7.15. The van der Waals surface area contributed by atoms with Gasteiger partial charge in [0.2, 0.25) is 0 Å². The number of fused-ring (bicyclic) bond motifs is 3. The van der Waals surface area contributed by atoms with Gasteiger partial charge in [-0.2, -0.15) is 0 Å². The van der Waals surface area contributed by atoms with Gasteiger partial charge in [-0.05, 0) is 38.5 Å². The van der Waals surface area contributed by atoms with Gasteiger partial charge in [-0.1, -0.05) is 31.5 Å². The summed E-state index contributed by atoms with van der Waals surface area (Å²) in [6.45, 7) is 10.0. The van der Waals surface area contributed by atoms with Crippen LogP contribution in [0.2, 0.25) is 5.02 Å². The van der Waals surface area contributed by atoms with Gasteiger partial charge in [0.25, 0.3) is 0 Å². The van der Waals surface area contributed by atoms with Crippen molar-refractivity contribution < 1.29 is 8.81 Å². The summed E-state index contributed by atoms with van der Waals surface area (Å²) in [6.07, 6.45) is 3.55. The molecule has 4 aromatic rings. The van der Waals surface area contributed by atoms with Gasteiger partial charge in [-0.15, -0.1) is 21.5 Å². The monoisotopic (exact) mass is 471 g/mol. The molecule has 6 nitrogen and oxygen atoms in total. The number of aliphatic imine (C=N–C) groups is 1. The Labute approximate surface area is 194 Å². The predicted octanol–water partition coefficient (Wildman–Crippen LogP) is 6.20. The molecule has 0 saturated heterocycles. The summed E-state index contributed by atoms with van der Waals surface area (Å²) >= 11 is 7.58. The third-order valence-corrected chi connectivity index (χ3v) is 6.78. The molecule has 1 unspecified atom stereocenters. The van der Waals surface area contributed by atoms with Crippen molar-refractivity contribution in [3.63, 3.8) is 0 Å². The molecule has 32 heavy (non-hydrogen) atoms. The Hall–Kier alpha value is -2.84. The van der Waals surface area contributed by atoms with Gasteiger partial charge in [0.1, 0.15) is 28.9 Å². The molecule has 0 bridgehead atoms. The van der Waals surface area contributed by atoms with E-state index in [9.17, 15) is 4.39 Å². The summed E-state index contributed by atoms with van der Waals surface area (Å²) in [5, 5.41) is 9.78. The number of nitrogens with zero attached hydrogens (tertiary/aromatic N) is 5. The lowest BCUT2D eigenvalue weighted by Gasteiger charge is -2.11. The fourth-order valence-corrected chi connectivity index (χ4v) is 5.02. The van der Waals surface area contributed by atoms with E-state index in [1.54, 1.807) is 29.7 Å². The van der Waals surface area contributed by atoms with Gasteiger partial charge in [0.05, 0.1) is 23.4 Å². The van der Waals surface area contributed by atoms with Crippen LogP contribution in [0, 0.1) is 26.6 Å². The molecule has 1 atom stereocenters. The summed E-state index contributed by atoms with van der Waals surface area (Å²) < 4.78 is 21.9. The standard InChI is InChI=1S/C21H17ClFN5OS.C2H6/c1-10-11(2)30-21-18(10)19(13-4-5-14(22)15(23)8-13)25-16(9-17-24-6-7-29-17)20-27-26-12(3)28(20)21;1-2/h4-8,16H,9H2,1-3H3;1-2H3. The molecule has 5 rings (SSSR count). The van der Waals surface area contributed by atoms with E-state index in [0.717, 1.165) is 26.8 Å². The first-order valence-corrected chi connectivity index (χ1v) is 11.6. The Morgan fingerprint density at radius 1 is 1.19 bits per heavy atom. The molecule has 0 spiro atoms. The molecule has 1 aliphatic rings. The van der Waals surface area contributed by atoms with E-state index in [2.05, 4.69) is 29.0 Å². The van der Waals surface area contributed by atoms with Crippen LogP contribution >= 0.6 is 22.9 Å². The summed E-state index contributed by atoms with van der Waals surface area (Å²) in [5.41, 5.74) is 3.41. The molecule has 0 amide bonds. The number of halogens is 2. The molecule has 3 aromatic heterocycles. The molecule has 0 aliphatic carbocycles. The lowest BCUT2D eigenvalue weighted by atomic mass is 9.99. The number of aryl methyl sites for hydroxylation is 2. The van der Waals surface area contributed by atoms with Crippen molar-refractivity contribution >= 4 is 28.6 Å². The van der Waals surface area contributed by atoms with Crippen LogP contribution in [0.4, 0.5) is 4.39 Å². The molecule has 1 aliphatic heterocycles. The maximum Gasteiger partial charge on any atom is 0.196 e. The first kappa shape index (κ1) is 22.4. The maximum absolute atomic E-state index is 14.3. The van der Waals surface area contributed by atoms with E-state index >= 15 is 0 Å². The number of hydrogen-bond donors (Lipinski definition) is 0. The van der Waals surface area contributed by atoms with Crippen molar-refractivity contribution in [2.75, 3.05) is 0 Å². The molecule has 0 saturated carbocycles. The molecule has 0 N–H and O–H groups in total. The third kappa shape index (κ3) is 3.78. The molecule has 0 radical (unpaired) electrons. The number of hydrogen-bond acceptors (Lipinski definition) is 6. The van der Waals surface area contributed by atoms with Crippen molar-refractivity contribution in [2.45, 2.75) is 47.1 Å². The smallest absolute Gasteiger partial charge is 0.196 e. The van der Waals surface area contributed by atoms with Gasteiger partial charge in [0.15, 0.2) is 11.7 Å². The molecule has 4 heterocycles. The van der Waals surface area contributed by atoms with Crippen LogP contribution in [0.15, 0.2) is 40.1 Å². The average Bonchev–Trinajstić information content (AvgIpc) is 3.48. The second-order valence-corrected chi connectivity index (χ2v) is 8.77. The average molecular weight is 472 g/mol. The van der Waals surface area contributed by atoms with Crippen LogP contribution in [0.5, 0.6) is 0 Å². The predicted molar refractivity (Wildman–Crippen MR) is 125 cm³/mol. The Kier molecular flexibility index (Phi) is 6.26. The molecular weight excluding hydrogens is 449 g/mol. The molecule has 1 aromatic carbocycles. The number of rotatable bonds is 3. The first-order valence-electron chi connectivity index (χ1n) is 10.4. The van der Waals surface area contributed by atoms with E-state index < -0.39 is 11.9 Å². The minimum Gasteiger partial charge on any atom is -0.449 e. The zero-order valence-electron chi connectivity index (χ0n) is 18.5. The van der Waals surface area contributed by atoms with Gasteiger partial charge >= 0.3 is 0 Å². The van der Waals surface area contributed by atoms with Crippen LogP contribution in [0.1, 0.15) is 59.0 Å². The molecule has 0 fully saturated rings. The molecular formula is C23H23ClFN5OS. The quantitative estimate of drug-likeness (QED) is 0.357. The number of benzene rings is 1. The lowest BCUT2D eigenvalue weighted by Crippen LogP contribution is -2.09. The second kappa shape index (κ2) is 8.96. The van der Waals surface area contributed by atoms with E-state index in [-0.39, 0.29) is 5.02 Å². The van der Waals surface area contributed by atoms with Crippen LogP contribution in [0.3, 0.4) is 0 Å². The summed E-state index contributed by atoms with van der Waals surface area (Å²) in [4.78, 5) is 10.5. The van der Waals surface area contributed by atoms with Crippen molar-refractivity contribution in [1.29, 1.82) is 0 Å². The fourth-order valence-electron chi connectivity index (χ4n) is 3.69. The normalized spacial score (nSPS) is 14.7. The van der Waals surface area contributed by atoms with Gasteiger partial charge in [-0.3, -0.25) is 9.56 Å². The highest BCUT2D eigenvalue weighted by atomic mass is 35.5. The minimum absolute atomic E-state index is 0.0794. The topological polar surface area (TPSA) is 69.1 Å². The van der Waals surface area contributed by atoms with Crippen LogP contribution in [-0.2, 0) is 6.42 Å². The van der Waals surface area contributed by atoms with Crippen molar-refractivity contribution in [2.24, 2.45) is 4.99 Å². The zero-order chi connectivity index (χ0) is 23.0. The number of aromatic nitrogens is 4. The van der Waals surface area contributed by atoms with Crippen molar-refractivity contribution in [3.8, 4) is 5.00 Å². The Bertz CT molecular complexity index is 1290. The van der Waals surface area contributed by atoms with Crippen molar-refractivity contribution in [3.05, 3.63) is 80.6 Å².